The molecule has 1 aliphatic rings. The average Bonchev–Trinajstić information content (AvgIpc) is 2.90. The third-order valence-corrected chi connectivity index (χ3v) is 3.51. The van der Waals surface area contributed by atoms with Gasteiger partial charge in [0.15, 0.2) is 0 Å². The van der Waals surface area contributed by atoms with Gasteiger partial charge in [-0.1, -0.05) is 42.7 Å². The first-order valence-electron chi connectivity index (χ1n) is 6.72. The molecule has 1 aliphatic carbocycles. The van der Waals surface area contributed by atoms with E-state index in [0.717, 1.165) is 24.0 Å². The van der Waals surface area contributed by atoms with Crippen molar-refractivity contribution in [1.29, 1.82) is 5.26 Å². The predicted octanol–water partition coefficient (Wildman–Crippen LogP) is 2.80. The van der Waals surface area contributed by atoms with Crippen LogP contribution in [0.1, 0.15) is 42.9 Å². The van der Waals surface area contributed by atoms with Crippen molar-refractivity contribution in [3.63, 3.8) is 0 Å². The summed E-state index contributed by atoms with van der Waals surface area (Å²) in [5.74, 6) is 0. The van der Waals surface area contributed by atoms with Crippen LogP contribution < -0.4 is 10.6 Å². The number of hydrogen-bond acceptors (Lipinski definition) is 2. The van der Waals surface area contributed by atoms with Gasteiger partial charge in [-0.15, -0.1) is 0 Å². The smallest absolute Gasteiger partial charge is 0.316 e. The number of amides is 2. The summed E-state index contributed by atoms with van der Waals surface area (Å²) in [5, 5.41) is 14.8. The lowest BCUT2D eigenvalue weighted by Gasteiger charge is -2.16. The Bertz CT molecular complexity index is 469. The molecule has 2 amide bonds. The molecular weight excluding hydrogens is 238 g/mol. The Kier molecular flexibility index (Phi) is 4.40. The van der Waals surface area contributed by atoms with E-state index in [0.29, 0.717) is 0 Å². The molecule has 0 heterocycles. The number of benzene rings is 1. The Labute approximate surface area is 113 Å². The molecule has 0 bridgehead atoms. The highest BCUT2D eigenvalue weighted by Gasteiger charge is 2.19. The number of carbonyl (C=O) groups is 1. The molecule has 100 valence electrons. The zero-order valence-electron chi connectivity index (χ0n) is 11.1. The molecular formula is C15H19N3O. The maximum Gasteiger partial charge on any atom is 0.316 e. The molecule has 19 heavy (non-hydrogen) atoms. The van der Waals surface area contributed by atoms with E-state index >= 15 is 0 Å². The van der Waals surface area contributed by atoms with Crippen molar-refractivity contribution in [2.45, 2.75) is 44.7 Å². The zero-order chi connectivity index (χ0) is 13.7. The summed E-state index contributed by atoms with van der Waals surface area (Å²) in [6, 6.07) is 9.17. The number of urea groups is 1. The minimum atomic E-state index is -0.595. The first-order valence-corrected chi connectivity index (χ1v) is 6.72. The Morgan fingerprint density at radius 1 is 1.32 bits per heavy atom. The molecule has 1 aromatic rings. The van der Waals surface area contributed by atoms with Crippen molar-refractivity contribution in [1.82, 2.24) is 10.6 Å². The molecule has 1 saturated carbocycles. The largest absolute Gasteiger partial charge is 0.335 e. The van der Waals surface area contributed by atoms with Crippen LogP contribution in [0.25, 0.3) is 0 Å². The summed E-state index contributed by atoms with van der Waals surface area (Å²) >= 11 is 0. The Morgan fingerprint density at radius 2 is 1.95 bits per heavy atom. The van der Waals surface area contributed by atoms with E-state index in [2.05, 4.69) is 16.7 Å². The number of aryl methyl sites for hydroxylation is 1. The Morgan fingerprint density at radius 3 is 2.53 bits per heavy atom. The SMILES string of the molecule is Cc1ccc(C(C#N)NC(=O)NC2CCCC2)cc1. The van der Waals surface area contributed by atoms with Gasteiger partial charge in [0.25, 0.3) is 0 Å². The Balaban J connectivity index is 1.93. The van der Waals surface area contributed by atoms with Crippen LogP contribution in [0.4, 0.5) is 4.79 Å². The minimum Gasteiger partial charge on any atom is -0.335 e. The van der Waals surface area contributed by atoms with Crippen LogP contribution in [-0.4, -0.2) is 12.1 Å². The average molecular weight is 257 g/mol. The summed E-state index contributed by atoms with van der Waals surface area (Å²) < 4.78 is 0. The fourth-order valence-corrected chi connectivity index (χ4v) is 2.38. The summed E-state index contributed by atoms with van der Waals surface area (Å²) in [6.45, 7) is 1.99. The van der Waals surface area contributed by atoms with Crippen molar-refractivity contribution >= 4 is 6.03 Å². The third kappa shape index (κ3) is 3.72. The van der Waals surface area contributed by atoms with Gasteiger partial charge in [-0.25, -0.2) is 4.79 Å². The maximum absolute atomic E-state index is 11.8. The molecule has 0 aliphatic heterocycles. The number of nitrogens with zero attached hydrogens (tertiary/aromatic N) is 1. The van der Waals surface area contributed by atoms with Gasteiger partial charge in [-0.2, -0.15) is 5.26 Å². The number of rotatable bonds is 3. The van der Waals surface area contributed by atoms with Crippen LogP contribution in [0.5, 0.6) is 0 Å². The molecule has 4 nitrogen and oxygen atoms in total. The van der Waals surface area contributed by atoms with Gasteiger partial charge in [0.2, 0.25) is 0 Å². The summed E-state index contributed by atoms with van der Waals surface area (Å²) in [5.41, 5.74) is 1.95. The summed E-state index contributed by atoms with van der Waals surface area (Å²) in [7, 11) is 0. The first-order chi connectivity index (χ1) is 9.19. The molecule has 1 unspecified atom stereocenters. The lowest BCUT2D eigenvalue weighted by molar-refractivity contribution is 0.235. The van der Waals surface area contributed by atoms with E-state index in [1.165, 1.54) is 12.8 Å². The number of hydrogen-bond donors (Lipinski definition) is 2. The number of carbonyl (C=O) groups excluding carboxylic acids is 1. The second-order valence-electron chi connectivity index (χ2n) is 5.07. The minimum absolute atomic E-state index is 0.251. The van der Waals surface area contributed by atoms with Crippen molar-refractivity contribution in [3.05, 3.63) is 35.4 Å². The molecule has 1 fully saturated rings. The normalized spacial score (nSPS) is 16.6. The van der Waals surface area contributed by atoms with E-state index in [1.54, 1.807) is 0 Å². The fourth-order valence-electron chi connectivity index (χ4n) is 2.38. The van der Waals surface area contributed by atoms with Crippen LogP contribution in [0.3, 0.4) is 0 Å². The van der Waals surface area contributed by atoms with E-state index in [-0.39, 0.29) is 12.1 Å². The number of nitrogens with one attached hydrogen (secondary N) is 2. The lowest BCUT2D eigenvalue weighted by Crippen LogP contribution is -2.42. The van der Waals surface area contributed by atoms with Gasteiger partial charge in [-0.05, 0) is 25.3 Å². The highest BCUT2D eigenvalue weighted by molar-refractivity contribution is 5.75. The third-order valence-electron chi connectivity index (χ3n) is 3.51. The van der Waals surface area contributed by atoms with Gasteiger partial charge in [0.1, 0.15) is 6.04 Å². The van der Waals surface area contributed by atoms with Crippen molar-refractivity contribution in [2.24, 2.45) is 0 Å². The van der Waals surface area contributed by atoms with E-state index < -0.39 is 6.04 Å². The lowest BCUT2D eigenvalue weighted by atomic mass is 10.1. The zero-order valence-corrected chi connectivity index (χ0v) is 11.1. The molecule has 0 radical (unpaired) electrons. The van der Waals surface area contributed by atoms with Gasteiger partial charge in [0, 0.05) is 6.04 Å². The van der Waals surface area contributed by atoms with Gasteiger partial charge in [0.05, 0.1) is 6.07 Å². The summed E-state index contributed by atoms with van der Waals surface area (Å²) in [4.78, 5) is 11.8. The first kappa shape index (κ1) is 13.4. The molecule has 4 heteroatoms. The van der Waals surface area contributed by atoms with E-state index in [1.807, 2.05) is 31.2 Å². The second-order valence-corrected chi connectivity index (χ2v) is 5.07. The molecule has 0 saturated heterocycles. The monoisotopic (exact) mass is 257 g/mol. The molecule has 1 atom stereocenters. The maximum atomic E-state index is 11.8. The molecule has 2 N–H and O–H groups in total. The van der Waals surface area contributed by atoms with Crippen LogP contribution in [0.2, 0.25) is 0 Å². The number of nitriles is 1. The van der Waals surface area contributed by atoms with Crippen molar-refractivity contribution < 1.29 is 4.79 Å². The highest BCUT2D eigenvalue weighted by atomic mass is 16.2. The van der Waals surface area contributed by atoms with Crippen LogP contribution in [0.15, 0.2) is 24.3 Å². The predicted molar refractivity (Wildman–Crippen MR) is 73.5 cm³/mol. The molecule has 2 rings (SSSR count). The summed E-state index contributed by atoms with van der Waals surface area (Å²) in [6.07, 6.45) is 4.42. The van der Waals surface area contributed by atoms with Crippen molar-refractivity contribution in [2.75, 3.05) is 0 Å². The van der Waals surface area contributed by atoms with Crippen LogP contribution in [-0.2, 0) is 0 Å². The fraction of sp³-hybridized carbons (Fsp3) is 0.467. The topological polar surface area (TPSA) is 64.9 Å². The molecule has 0 aromatic heterocycles. The van der Waals surface area contributed by atoms with Gasteiger partial charge >= 0.3 is 6.03 Å². The van der Waals surface area contributed by atoms with Gasteiger partial charge < -0.3 is 10.6 Å². The Hall–Kier alpha value is -2.02. The van der Waals surface area contributed by atoms with Crippen molar-refractivity contribution in [3.8, 4) is 6.07 Å². The van der Waals surface area contributed by atoms with E-state index in [9.17, 15) is 4.79 Å². The van der Waals surface area contributed by atoms with E-state index in [4.69, 9.17) is 5.26 Å². The molecule has 1 aromatic carbocycles. The van der Waals surface area contributed by atoms with Crippen LogP contribution in [0, 0.1) is 18.3 Å². The van der Waals surface area contributed by atoms with Crippen LogP contribution >= 0.6 is 0 Å². The highest BCUT2D eigenvalue weighted by Crippen LogP contribution is 2.18. The quantitative estimate of drug-likeness (QED) is 0.874. The standard InChI is InChI=1S/C15H19N3O/c1-11-6-8-12(9-7-11)14(10-16)18-15(19)17-13-4-2-3-5-13/h6-9,13-14H,2-5H2,1H3,(H2,17,18,19). The second kappa shape index (κ2) is 6.24. The molecule has 0 spiro atoms. The van der Waals surface area contributed by atoms with Gasteiger partial charge in [-0.3, -0.25) is 0 Å².